The molecular weight excluding hydrogens is 600 g/mol. The summed E-state index contributed by atoms with van der Waals surface area (Å²) in [4.78, 5) is 30.2. The van der Waals surface area contributed by atoms with Gasteiger partial charge in [0.2, 0.25) is 0 Å². The lowest BCUT2D eigenvalue weighted by molar-refractivity contribution is -0.137. The van der Waals surface area contributed by atoms with Crippen LogP contribution in [0.15, 0.2) is 24.8 Å². The van der Waals surface area contributed by atoms with E-state index in [9.17, 15) is 14.4 Å². The molecule has 0 saturated heterocycles. The minimum atomic E-state index is -0.981. The Morgan fingerprint density at radius 2 is 0.625 bits per heavy atom. The Morgan fingerprint density at radius 3 is 0.812 bits per heavy atom. The molecule has 0 aliphatic carbocycles. The fourth-order valence-electron chi connectivity index (χ4n) is 5.64. The first kappa shape index (κ1) is 50.3. The Labute approximate surface area is 297 Å². The van der Waals surface area contributed by atoms with E-state index in [1.165, 1.54) is 173 Å². The Balaban J connectivity index is -0.000000743. The van der Waals surface area contributed by atoms with Crippen LogP contribution < -0.4 is 0 Å². The highest BCUT2D eigenvalue weighted by Crippen LogP contribution is 2.16. The molecule has 0 aliphatic rings. The van der Waals surface area contributed by atoms with Crippen molar-refractivity contribution in [1.29, 1.82) is 0 Å². The van der Waals surface area contributed by atoms with Gasteiger partial charge in [0, 0.05) is 18.1 Å². The van der Waals surface area contributed by atoms with Crippen molar-refractivity contribution < 1.29 is 29.7 Å². The van der Waals surface area contributed by atoms with Crippen LogP contribution in [0.25, 0.3) is 0 Å². The molecule has 0 saturated carbocycles. The molecule has 284 valence electrons. The third kappa shape index (κ3) is 53.4. The maximum Gasteiger partial charge on any atom is 0.330 e. The van der Waals surface area contributed by atoms with Crippen LogP contribution in [0, 0.1) is 0 Å². The summed E-state index contributed by atoms with van der Waals surface area (Å²) in [5, 5.41) is 24.8. The summed E-state index contributed by atoms with van der Waals surface area (Å²) in [6.07, 6.45) is 43.2. The van der Waals surface area contributed by atoms with Gasteiger partial charge in [-0.25, -0.2) is 9.59 Å². The van der Waals surface area contributed by atoms with Gasteiger partial charge in [-0.1, -0.05) is 213 Å². The molecule has 48 heavy (non-hydrogen) atoms. The molecule has 0 unspecified atom stereocenters. The highest BCUT2D eigenvalue weighted by molar-refractivity contribution is 5.85. The van der Waals surface area contributed by atoms with E-state index in [0.29, 0.717) is 18.4 Å². The molecule has 0 amide bonds. The first-order chi connectivity index (χ1) is 23.2. The zero-order chi connectivity index (χ0) is 36.4. The number of carbonyl (C=O) groups is 3. The number of rotatable bonds is 35. The van der Waals surface area contributed by atoms with Gasteiger partial charge in [-0.2, -0.15) is 0 Å². The van der Waals surface area contributed by atoms with Gasteiger partial charge in [0.15, 0.2) is 0 Å². The predicted octanol–water partition coefficient (Wildman–Crippen LogP) is 13.9. The number of carboxylic acids is 3. The van der Waals surface area contributed by atoms with Crippen LogP contribution in [-0.4, -0.2) is 33.2 Å². The van der Waals surface area contributed by atoms with Gasteiger partial charge in [0.05, 0.1) is 0 Å². The minimum absolute atomic E-state index is 0.345. The fraction of sp³-hybridized carbons (Fsp3) is 0.833. The summed E-state index contributed by atoms with van der Waals surface area (Å²) < 4.78 is 0. The Bertz CT molecular complexity index is 717. The van der Waals surface area contributed by atoms with Crippen molar-refractivity contribution in [1.82, 2.24) is 0 Å². The molecule has 0 heterocycles. The molecule has 0 aliphatic heterocycles. The Hall–Kier alpha value is -2.11. The van der Waals surface area contributed by atoms with Gasteiger partial charge >= 0.3 is 17.9 Å². The standard InChI is InChI=1S/C21H40O2.C18H36O2.C3H4O2/c1-3-4-5-6-7-8-9-10-11-12-13-14-15-16-17-18-19-20(2)21(22)23;1-2-3-4-5-6-7-8-9-10-11-12-13-14-15-16-17-18(19)20;1-2-3(4)5/h2-19H2,1H3,(H,22,23);2-17H2,1H3,(H,19,20);2H,1H2,(H,4,5). The van der Waals surface area contributed by atoms with E-state index in [2.05, 4.69) is 27.0 Å². The molecule has 0 aromatic heterocycles. The molecule has 0 bridgehead atoms. The summed E-state index contributed by atoms with van der Waals surface area (Å²) in [6.45, 7) is 11.1. The van der Waals surface area contributed by atoms with Crippen LogP contribution in [0.2, 0.25) is 0 Å². The monoisotopic (exact) mass is 681 g/mol. The fourth-order valence-corrected chi connectivity index (χ4v) is 5.64. The summed E-state index contributed by atoms with van der Waals surface area (Å²) in [6, 6.07) is 0. The quantitative estimate of drug-likeness (QED) is 0.0453. The van der Waals surface area contributed by atoms with Crippen LogP contribution in [0.4, 0.5) is 0 Å². The van der Waals surface area contributed by atoms with Crippen molar-refractivity contribution in [2.75, 3.05) is 0 Å². The van der Waals surface area contributed by atoms with E-state index >= 15 is 0 Å². The van der Waals surface area contributed by atoms with E-state index in [-0.39, 0.29) is 0 Å². The average molecular weight is 681 g/mol. The molecule has 0 atom stereocenters. The second-order valence-electron chi connectivity index (χ2n) is 13.6. The van der Waals surface area contributed by atoms with Gasteiger partial charge in [-0.3, -0.25) is 4.79 Å². The van der Waals surface area contributed by atoms with Crippen LogP contribution in [0.5, 0.6) is 0 Å². The topological polar surface area (TPSA) is 112 Å². The number of unbranched alkanes of at least 4 members (excludes halogenated alkanes) is 29. The van der Waals surface area contributed by atoms with Crippen molar-refractivity contribution in [2.24, 2.45) is 0 Å². The van der Waals surface area contributed by atoms with Crippen molar-refractivity contribution >= 4 is 17.9 Å². The van der Waals surface area contributed by atoms with E-state index in [1.54, 1.807) is 0 Å². The zero-order valence-corrected chi connectivity index (χ0v) is 31.9. The Kier molecular flexibility index (Phi) is 47.0. The van der Waals surface area contributed by atoms with E-state index < -0.39 is 17.9 Å². The highest BCUT2D eigenvalue weighted by Gasteiger charge is 2.02. The lowest BCUT2D eigenvalue weighted by atomic mass is 10.0. The van der Waals surface area contributed by atoms with Crippen molar-refractivity contribution in [3.8, 4) is 0 Å². The maximum absolute atomic E-state index is 10.6. The summed E-state index contributed by atoms with van der Waals surface area (Å²) in [5.41, 5.74) is 0.357. The molecule has 0 aromatic carbocycles. The van der Waals surface area contributed by atoms with Gasteiger partial charge in [0.25, 0.3) is 0 Å². The lowest BCUT2D eigenvalue weighted by Gasteiger charge is -2.04. The van der Waals surface area contributed by atoms with E-state index in [1.807, 2.05) is 0 Å². The molecule has 0 spiro atoms. The van der Waals surface area contributed by atoms with Crippen LogP contribution in [0.1, 0.15) is 226 Å². The minimum Gasteiger partial charge on any atom is -0.481 e. The molecule has 0 radical (unpaired) electrons. The number of hydrogen-bond acceptors (Lipinski definition) is 3. The smallest absolute Gasteiger partial charge is 0.330 e. The van der Waals surface area contributed by atoms with Gasteiger partial charge in [-0.05, 0) is 19.3 Å². The molecule has 0 rings (SSSR count). The number of hydrogen-bond donors (Lipinski definition) is 3. The molecule has 0 fully saturated rings. The molecule has 3 N–H and O–H groups in total. The summed E-state index contributed by atoms with van der Waals surface area (Å²) in [5.74, 6) is -2.48. The Morgan fingerprint density at radius 1 is 0.417 bits per heavy atom. The zero-order valence-electron chi connectivity index (χ0n) is 31.9. The number of carboxylic acid groups (broad SMARTS) is 3. The van der Waals surface area contributed by atoms with Gasteiger partial charge in [0.1, 0.15) is 0 Å². The lowest BCUT2D eigenvalue weighted by Crippen LogP contribution is -1.98. The largest absolute Gasteiger partial charge is 0.481 e. The highest BCUT2D eigenvalue weighted by atomic mass is 16.4. The summed E-state index contributed by atoms with van der Waals surface area (Å²) in [7, 11) is 0. The number of aliphatic carboxylic acids is 3. The maximum atomic E-state index is 10.6. The molecule has 0 aromatic rings. The van der Waals surface area contributed by atoms with Crippen molar-refractivity contribution in [3.63, 3.8) is 0 Å². The first-order valence-electron chi connectivity index (χ1n) is 20.2. The second-order valence-corrected chi connectivity index (χ2v) is 13.6. The third-order valence-corrected chi connectivity index (χ3v) is 8.80. The van der Waals surface area contributed by atoms with Crippen LogP contribution in [-0.2, 0) is 14.4 Å². The predicted molar refractivity (Wildman–Crippen MR) is 206 cm³/mol. The van der Waals surface area contributed by atoms with Crippen molar-refractivity contribution in [3.05, 3.63) is 24.8 Å². The molecule has 6 heteroatoms. The van der Waals surface area contributed by atoms with Gasteiger partial charge < -0.3 is 15.3 Å². The van der Waals surface area contributed by atoms with Crippen molar-refractivity contribution in [2.45, 2.75) is 226 Å². The van der Waals surface area contributed by atoms with Crippen LogP contribution >= 0.6 is 0 Å². The molecule has 6 nitrogen and oxygen atoms in total. The van der Waals surface area contributed by atoms with E-state index in [4.69, 9.17) is 15.3 Å². The summed E-state index contributed by atoms with van der Waals surface area (Å²) >= 11 is 0. The van der Waals surface area contributed by atoms with Gasteiger partial charge in [-0.15, -0.1) is 0 Å². The first-order valence-corrected chi connectivity index (χ1v) is 20.2. The third-order valence-electron chi connectivity index (χ3n) is 8.80. The SMILES string of the molecule is C=C(CCCCCCCCCCCCCCCCCC)C(=O)O.C=CC(=O)O.CCCCCCCCCCCCCCCCCC(=O)O. The average Bonchev–Trinajstić information content (AvgIpc) is 3.06. The second kappa shape index (κ2) is 44.9. The van der Waals surface area contributed by atoms with E-state index in [0.717, 1.165) is 31.8 Å². The van der Waals surface area contributed by atoms with Crippen LogP contribution in [0.3, 0.4) is 0 Å². The normalized spacial score (nSPS) is 10.4. The molecular formula is C42H80O6.